The smallest absolute Gasteiger partial charge is 0.253 e. The average molecular weight is 432 g/mol. The third kappa shape index (κ3) is 3.97. The highest BCUT2D eigenvalue weighted by Gasteiger charge is 2.22. The Kier molecular flexibility index (Phi) is 5.49. The van der Waals surface area contributed by atoms with Crippen molar-refractivity contribution in [3.63, 3.8) is 0 Å². The summed E-state index contributed by atoms with van der Waals surface area (Å²) >= 11 is 6.65. The van der Waals surface area contributed by atoms with Gasteiger partial charge in [0.1, 0.15) is 0 Å². The molecule has 1 fully saturated rings. The lowest BCUT2D eigenvalue weighted by Crippen LogP contribution is -2.37. The summed E-state index contributed by atoms with van der Waals surface area (Å²) in [6.07, 6.45) is 11.0. The van der Waals surface area contributed by atoms with Crippen LogP contribution in [0.2, 0.25) is 5.02 Å². The van der Waals surface area contributed by atoms with Gasteiger partial charge in [0.05, 0.1) is 0 Å². The molecule has 31 heavy (non-hydrogen) atoms. The Morgan fingerprint density at radius 2 is 1.81 bits per heavy atom. The predicted octanol–water partition coefficient (Wildman–Crippen LogP) is 5.82. The maximum Gasteiger partial charge on any atom is 0.253 e. The molecule has 5 heteroatoms. The Hall–Kier alpha value is -2.72. The van der Waals surface area contributed by atoms with Crippen molar-refractivity contribution in [2.75, 3.05) is 13.1 Å². The molecule has 1 saturated heterocycles. The summed E-state index contributed by atoms with van der Waals surface area (Å²) in [5.41, 5.74) is 7.33. The molecule has 3 aromatic rings. The standard InChI is InChI=1S/C26H26ClN3O/c1-17-8-11-30(12-9-17)26(31)18-5-6-22(24(27)14-18)20-13-19(15-28-16-20)21-7-10-29-25-4-2-3-23(21)25/h5-7,10,13-17H,2-4,8-9,11-12H2,1H3. The van der Waals surface area contributed by atoms with Gasteiger partial charge in [0, 0.05) is 64.7 Å². The third-order valence-corrected chi connectivity index (χ3v) is 6.95. The first kappa shape index (κ1) is 20.2. The highest BCUT2D eigenvalue weighted by molar-refractivity contribution is 6.33. The number of fused-ring (bicyclic) bond motifs is 1. The molecule has 1 aliphatic carbocycles. The molecule has 0 atom stereocenters. The van der Waals surface area contributed by atoms with E-state index in [-0.39, 0.29) is 5.91 Å². The molecule has 1 aromatic carbocycles. The zero-order valence-electron chi connectivity index (χ0n) is 17.8. The lowest BCUT2D eigenvalue weighted by atomic mass is 9.97. The van der Waals surface area contributed by atoms with Gasteiger partial charge in [0.25, 0.3) is 5.91 Å². The number of benzene rings is 1. The van der Waals surface area contributed by atoms with Gasteiger partial charge in [-0.2, -0.15) is 0 Å². The molecular formula is C26H26ClN3O. The minimum Gasteiger partial charge on any atom is -0.339 e. The number of nitrogens with zero attached hydrogens (tertiary/aromatic N) is 3. The van der Waals surface area contributed by atoms with Crippen molar-refractivity contribution >= 4 is 17.5 Å². The molecule has 4 nitrogen and oxygen atoms in total. The molecule has 1 aliphatic heterocycles. The largest absolute Gasteiger partial charge is 0.339 e. The first-order valence-electron chi connectivity index (χ1n) is 11.1. The van der Waals surface area contributed by atoms with E-state index in [1.54, 1.807) is 6.07 Å². The Bertz CT molecular complexity index is 1140. The van der Waals surface area contributed by atoms with E-state index in [0.29, 0.717) is 16.5 Å². The topological polar surface area (TPSA) is 46.1 Å². The predicted molar refractivity (Wildman–Crippen MR) is 124 cm³/mol. The molecule has 1 amide bonds. The molecule has 2 aliphatic rings. The van der Waals surface area contributed by atoms with E-state index in [1.807, 2.05) is 35.6 Å². The van der Waals surface area contributed by atoms with Gasteiger partial charge in [0.15, 0.2) is 0 Å². The van der Waals surface area contributed by atoms with Gasteiger partial charge in [-0.3, -0.25) is 14.8 Å². The number of piperidine rings is 1. The van der Waals surface area contributed by atoms with E-state index in [1.165, 1.54) is 16.8 Å². The van der Waals surface area contributed by atoms with Crippen molar-refractivity contribution in [1.29, 1.82) is 0 Å². The molecule has 5 rings (SSSR count). The summed E-state index contributed by atoms with van der Waals surface area (Å²) in [4.78, 5) is 23.9. The number of hydrogen-bond donors (Lipinski definition) is 0. The molecule has 2 aromatic heterocycles. The van der Waals surface area contributed by atoms with Crippen LogP contribution in [0.3, 0.4) is 0 Å². The quantitative estimate of drug-likeness (QED) is 0.524. The van der Waals surface area contributed by atoms with E-state index in [9.17, 15) is 4.79 Å². The second-order valence-electron chi connectivity index (χ2n) is 8.77. The van der Waals surface area contributed by atoms with Gasteiger partial charge in [-0.1, -0.05) is 24.6 Å². The molecule has 0 radical (unpaired) electrons. The minimum atomic E-state index is 0.0691. The third-order valence-electron chi connectivity index (χ3n) is 6.63. The maximum atomic E-state index is 12.9. The fraction of sp³-hybridized carbons (Fsp3) is 0.346. The molecule has 0 N–H and O–H groups in total. The molecule has 0 saturated carbocycles. The molecular weight excluding hydrogens is 406 g/mol. The highest BCUT2D eigenvalue weighted by Crippen LogP contribution is 2.35. The number of pyridine rings is 2. The van der Waals surface area contributed by atoms with Crippen LogP contribution in [0.1, 0.15) is 47.8 Å². The Labute approximate surface area is 188 Å². The minimum absolute atomic E-state index is 0.0691. The summed E-state index contributed by atoms with van der Waals surface area (Å²) in [7, 11) is 0. The van der Waals surface area contributed by atoms with Gasteiger partial charge in [-0.15, -0.1) is 0 Å². The Morgan fingerprint density at radius 1 is 1.03 bits per heavy atom. The van der Waals surface area contributed by atoms with Gasteiger partial charge in [-0.05, 0) is 73.4 Å². The van der Waals surface area contributed by atoms with Crippen molar-refractivity contribution in [2.45, 2.75) is 39.0 Å². The van der Waals surface area contributed by atoms with Crippen LogP contribution in [-0.4, -0.2) is 33.9 Å². The Balaban J connectivity index is 1.43. The number of hydrogen-bond acceptors (Lipinski definition) is 3. The summed E-state index contributed by atoms with van der Waals surface area (Å²) in [6.45, 7) is 3.89. The van der Waals surface area contributed by atoms with Crippen LogP contribution in [0.15, 0.2) is 48.9 Å². The summed E-state index contributed by atoms with van der Waals surface area (Å²) in [6, 6.07) is 9.84. The van der Waals surface area contributed by atoms with Crippen molar-refractivity contribution in [3.05, 3.63) is 70.8 Å². The van der Waals surface area contributed by atoms with E-state index in [4.69, 9.17) is 11.6 Å². The number of aryl methyl sites for hydroxylation is 1. The van der Waals surface area contributed by atoms with Crippen LogP contribution in [0.25, 0.3) is 22.3 Å². The average Bonchev–Trinajstić information content (AvgIpc) is 3.28. The SMILES string of the molecule is CC1CCN(C(=O)c2ccc(-c3cncc(-c4ccnc5c4CCC5)c3)c(Cl)c2)CC1. The zero-order valence-corrected chi connectivity index (χ0v) is 18.5. The first-order valence-corrected chi connectivity index (χ1v) is 11.5. The number of carbonyl (C=O) groups excluding carboxylic acids is 1. The number of halogens is 1. The van der Waals surface area contributed by atoms with Crippen LogP contribution in [0, 0.1) is 5.92 Å². The summed E-state index contributed by atoms with van der Waals surface area (Å²) < 4.78 is 0. The number of likely N-dealkylation sites (tertiary alicyclic amines) is 1. The normalized spacial score (nSPS) is 16.4. The van der Waals surface area contributed by atoms with Crippen molar-refractivity contribution in [2.24, 2.45) is 5.92 Å². The van der Waals surface area contributed by atoms with Gasteiger partial charge < -0.3 is 4.90 Å². The molecule has 3 heterocycles. The van der Waals surface area contributed by atoms with Crippen LogP contribution in [-0.2, 0) is 12.8 Å². The Morgan fingerprint density at radius 3 is 2.58 bits per heavy atom. The summed E-state index contributed by atoms with van der Waals surface area (Å²) in [5.74, 6) is 0.760. The monoisotopic (exact) mass is 431 g/mol. The summed E-state index contributed by atoms with van der Waals surface area (Å²) in [5, 5.41) is 0.579. The lowest BCUT2D eigenvalue weighted by Gasteiger charge is -2.30. The maximum absolute atomic E-state index is 12.9. The molecule has 0 unspecified atom stereocenters. The molecule has 158 valence electrons. The second kappa shape index (κ2) is 8.43. The van der Waals surface area contributed by atoms with Gasteiger partial charge in [0.2, 0.25) is 0 Å². The fourth-order valence-corrected chi connectivity index (χ4v) is 5.03. The first-order chi connectivity index (χ1) is 15.1. The second-order valence-corrected chi connectivity index (χ2v) is 9.18. The fourth-order valence-electron chi connectivity index (χ4n) is 4.74. The number of aromatic nitrogens is 2. The molecule has 0 spiro atoms. The van der Waals surface area contributed by atoms with Crippen LogP contribution >= 0.6 is 11.6 Å². The highest BCUT2D eigenvalue weighted by atomic mass is 35.5. The van der Waals surface area contributed by atoms with E-state index < -0.39 is 0 Å². The van der Waals surface area contributed by atoms with Crippen molar-refractivity contribution in [1.82, 2.24) is 14.9 Å². The number of rotatable bonds is 3. The van der Waals surface area contributed by atoms with E-state index >= 15 is 0 Å². The van der Waals surface area contributed by atoms with Crippen molar-refractivity contribution < 1.29 is 4.79 Å². The van der Waals surface area contributed by atoms with Crippen LogP contribution in [0.5, 0.6) is 0 Å². The lowest BCUT2D eigenvalue weighted by molar-refractivity contribution is 0.0697. The van der Waals surface area contributed by atoms with E-state index in [0.717, 1.165) is 61.9 Å². The van der Waals surface area contributed by atoms with E-state index in [2.05, 4.69) is 29.0 Å². The number of carbonyl (C=O) groups is 1. The van der Waals surface area contributed by atoms with Gasteiger partial charge >= 0.3 is 0 Å². The van der Waals surface area contributed by atoms with Crippen LogP contribution < -0.4 is 0 Å². The number of amides is 1. The van der Waals surface area contributed by atoms with Gasteiger partial charge in [-0.25, -0.2) is 0 Å². The van der Waals surface area contributed by atoms with Crippen LogP contribution in [0.4, 0.5) is 0 Å². The zero-order chi connectivity index (χ0) is 21.4. The van der Waals surface area contributed by atoms with Crippen molar-refractivity contribution in [3.8, 4) is 22.3 Å². The molecule has 0 bridgehead atoms.